The van der Waals surface area contributed by atoms with Gasteiger partial charge in [0.15, 0.2) is 0 Å². The van der Waals surface area contributed by atoms with Gasteiger partial charge in [0.1, 0.15) is 13.3 Å². The van der Waals surface area contributed by atoms with Crippen molar-refractivity contribution < 1.29 is 14.3 Å². The minimum absolute atomic E-state index is 0.00194. The lowest BCUT2D eigenvalue weighted by Crippen LogP contribution is -2.34. The molecule has 1 aromatic carbocycles. The van der Waals surface area contributed by atoms with Gasteiger partial charge >= 0.3 is 11.7 Å². The Kier molecular flexibility index (Phi) is 7.71. The van der Waals surface area contributed by atoms with Gasteiger partial charge in [0, 0.05) is 10.5 Å². The maximum atomic E-state index is 12.3. The first-order chi connectivity index (χ1) is 14.1. The van der Waals surface area contributed by atoms with E-state index < -0.39 is 11.2 Å². The Morgan fingerprint density at radius 3 is 2.59 bits per heavy atom. The number of carbonyl (C=O) groups is 1. The highest BCUT2D eigenvalue weighted by Crippen LogP contribution is 2.28. The van der Waals surface area contributed by atoms with Crippen molar-refractivity contribution in [3.05, 3.63) is 56.7 Å². The predicted octanol–water partition coefficient (Wildman–Crippen LogP) is 3.09. The minimum Gasteiger partial charge on any atom is -0.463 e. The highest BCUT2D eigenvalue weighted by molar-refractivity contribution is 7.99. The lowest BCUT2D eigenvalue weighted by atomic mass is 9.89. The van der Waals surface area contributed by atoms with Crippen LogP contribution >= 0.6 is 11.8 Å². The molecule has 1 heterocycles. The SMILES string of the molecule is Cc1c(Sc2ccccc2)n(COCCOC(=O)C2CCCCC2)c(=O)[nH]c1=O. The summed E-state index contributed by atoms with van der Waals surface area (Å²) in [6.45, 7) is 1.96. The van der Waals surface area contributed by atoms with Crippen LogP contribution in [0.4, 0.5) is 0 Å². The number of hydrogen-bond donors (Lipinski definition) is 1. The van der Waals surface area contributed by atoms with Gasteiger partial charge in [-0.15, -0.1) is 0 Å². The number of H-pyrrole nitrogens is 1. The molecule has 1 saturated carbocycles. The summed E-state index contributed by atoms with van der Waals surface area (Å²) in [5.74, 6) is -0.159. The second kappa shape index (κ2) is 10.5. The molecular formula is C21H26N2O5S. The molecule has 1 N–H and O–H groups in total. The zero-order chi connectivity index (χ0) is 20.6. The van der Waals surface area contributed by atoms with Crippen molar-refractivity contribution in [3.8, 4) is 0 Å². The van der Waals surface area contributed by atoms with Gasteiger partial charge in [-0.25, -0.2) is 4.79 Å². The third kappa shape index (κ3) is 5.83. The van der Waals surface area contributed by atoms with E-state index in [0.29, 0.717) is 10.6 Å². The van der Waals surface area contributed by atoms with E-state index in [1.165, 1.54) is 22.7 Å². The molecule has 8 heteroatoms. The van der Waals surface area contributed by atoms with E-state index in [1.54, 1.807) is 6.92 Å². The summed E-state index contributed by atoms with van der Waals surface area (Å²) in [5, 5.41) is 0.532. The fourth-order valence-electron chi connectivity index (χ4n) is 3.31. The molecule has 1 aliphatic rings. The Labute approximate surface area is 173 Å². The number of nitrogens with one attached hydrogen (secondary N) is 1. The van der Waals surface area contributed by atoms with Crippen LogP contribution in [0.1, 0.15) is 37.7 Å². The van der Waals surface area contributed by atoms with E-state index >= 15 is 0 Å². The molecule has 0 amide bonds. The van der Waals surface area contributed by atoms with Crippen molar-refractivity contribution >= 4 is 17.7 Å². The Morgan fingerprint density at radius 1 is 1.14 bits per heavy atom. The second-order valence-corrected chi connectivity index (χ2v) is 8.13. The molecule has 2 aromatic rings. The molecule has 0 bridgehead atoms. The van der Waals surface area contributed by atoms with Crippen molar-refractivity contribution in [2.45, 2.75) is 55.7 Å². The van der Waals surface area contributed by atoms with Gasteiger partial charge in [0.05, 0.1) is 17.6 Å². The van der Waals surface area contributed by atoms with E-state index in [0.717, 1.165) is 30.6 Å². The third-order valence-electron chi connectivity index (χ3n) is 4.96. The van der Waals surface area contributed by atoms with Gasteiger partial charge in [-0.2, -0.15) is 0 Å². The third-order valence-corrected chi connectivity index (χ3v) is 6.19. The fraction of sp³-hybridized carbons (Fsp3) is 0.476. The Morgan fingerprint density at radius 2 is 1.86 bits per heavy atom. The number of ether oxygens (including phenoxy) is 2. The molecule has 1 fully saturated rings. The van der Waals surface area contributed by atoms with Crippen molar-refractivity contribution in [2.75, 3.05) is 13.2 Å². The van der Waals surface area contributed by atoms with Gasteiger partial charge in [0.2, 0.25) is 0 Å². The second-order valence-electron chi connectivity index (χ2n) is 7.07. The van der Waals surface area contributed by atoms with Crippen molar-refractivity contribution in [2.24, 2.45) is 5.92 Å². The number of carbonyl (C=O) groups excluding carboxylic acids is 1. The average molecular weight is 419 g/mol. The first-order valence-corrected chi connectivity index (χ1v) is 10.7. The van der Waals surface area contributed by atoms with Crippen LogP contribution in [0, 0.1) is 12.8 Å². The highest BCUT2D eigenvalue weighted by Gasteiger charge is 2.22. The molecule has 0 aliphatic heterocycles. The lowest BCUT2D eigenvalue weighted by Gasteiger charge is -2.20. The van der Waals surface area contributed by atoms with Gasteiger partial charge in [0.25, 0.3) is 5.56 Å². The molecule has 3 rings (SSSR count). The summed E-state index contributed by atoms with van der Waals surface area (Å²) in [6.07, 6.45) is 5.13. The standard InChI is InChI=1S/C21H26N2O5S/c1-15-18(24)22-21(26)23(19(15)29-17-10-6-3-7-11-17)14-27-12-13-28-20(25)16-8-4-2-5-9-16/h3,6-7,10-11,16H,2,4-5,8-9,12-14H2,1H3,(H,22,24,26). The van der Waals surface area contributed by atoms with Crippen molar-refractivity contribution in [1.29, 1.82) is 0 Å². The molecule has 0 saturated heterocycles. The van der Waals surface area contributed by atoms with Crippen LogP contribution in [0.25, 0.3) is 0 Å². The fourth-order valence-corrected chi connectivity index (χ4v) is 4.32. The molecular weight excluding hydrogens is 392 g/mol. The zero-order valence-electron chi connectivity index (χ0n) is 16.5. The first-order valence-electron chi connectivity index (χ1n) is 9.87. The number of nitrogens with zero attached hydrogens (tertiary/aromatic N) is 1. The summed E-state index contributed by atoms with van der Waals surface area (Å²) in [7, 11) is 0. The number of aromatic amines is 1. The molecule has 0 unspecified atom stereocenters. The average Bonchev–Trinajstić information content (AvgIpc) is 2.74. The highest BCUT2D eigenvalue weighted by atomic mass is 32.2. The predicted molar refractivity (Wildman–Crippen MR) is 110 cm³/mol. The van der Waals surface area contributed by atoms with Crippen molar-refractivity contribution in [1.82, 2.24) is 9.55 Å². The molecule has 1 aliphatic carbocycles. The Bertz CT molecular complexity index is 932. The van der Waals surface area contributed by atoms with E-state index in [1.807, 2.05) is 30.3 Å². The first kappa shape index (κ1) is 21.4. The normalized spacial score (nSPS) is 14.7. The van der Waals surface area contributed by atoms with Crippen LogP contribution < -0.4 is 11.2 Å². The summed E-state index contributed by atoms with van der Waals surface area (Å²) in [5.41, 5.74) is -0.491. The van der Waals surface area contributed by atoms with Crippen LogP contribution in [0.15, 0.2) is 49.8 Å². The van der Waals surface area contributed by atoms with Crippen LogP contribution in [-0.4, -0.2) is 28.7 Å². The molecule has 29 heavy (non-hydrogen) atoms. The topological polar surface area (TPSA) is 90.4 Å². The summed E-state index contributed by atoms with van der Waals surface area (Å²) < 4.78 is 12.3. The zero-order valence-corrected chi connectivity index (χ0v) is 17.3. The van der Waals surface area contributed by atoms with E-state index in [9.17, 15) is 14.4 Å². The molecule has 7 nitrogen and oxygen atoms in total. The van der Waals surface area contributed by atoms with Gasteiger partial charge in [-0.3, -0.25) is 19.1 Å². The summed E-state index contributed by atoms with van der Waals surface area (Å²) in [4.78, 5) is 39.6. The van der Waals surface area contributed by atoms with Crippen LogP contribution in [0.5, 0.6) is 0 Å². The smallest absolute Gasteiger partial charge is 0.331 e. The van der Waals surface area contributed by atoms with Crippen LogP contribution in [0.2, 0.25) is 0 Å². The molecule has 1 aromatic heterocycles. The van der Waals surface area contributed by atoms with E-state index in [2.05, 4.69) is 4.98 Å². The summed E-state index contributed by atoms with van der Waals surface area (Å²) >= 11 is 1.33. The molecule has 156 valence electrons. The van der Waals surface area contributed by atoms with Crippen LogP contribution in [0.3, 0.4) is 0 Å². The number of benzene rings is 1. The van der Waals surface area contributed by atoms with Gasteiger partial charge in [-0.1, -0.05) is 49.2 Å². The number of hydrogen-bond acceptors (Lipinski definition) is 6. The Balaban J connectivity index is 1.58. The van der Waals surface area contributed by atoms with Crippen molar-refractivity contribution in [3.63, 3.8) is 0 Å². The lowest BCUT2D eigenvalue weighted by molar-refractivity contribution is -0.151. The number of esters is 1. The largest absolute Gasteiger partial charge is 0.463 e. The van der Waals surface area contributed by atoms with E-state index in [4.69, 9.17) is 9.47 Å². The monoisotopic (exact) mass is 418 g/mol. The number of aromatic nitrogens is 2. The quantitative estimate of drug-likeness (QED) is 0.402. The maximum absolute atomic E-state index is 12.3. The molecule has 0 atom stereocenters. The molecule has 0 radical (unpaired) electrons. The maximum Gasteiger partial charge on any atom is 0.331 e. The van der Waals surface area contributed by atoms with Gasteiger partial charge in [-0.05, 0) is 31.9 Å². The Hall–Kier alpha value is -2.32. The molecule has 0 spiro atoms. The van der Waals surface area contributed by atoms with Gasteiger partial charge < -0.3 is 9.47 Å². The van der Waals surface area contributed by atoms with E-state index in [-0.39, 0.29) is 31.8 Å². The number of rotatable bonds is 8. The summed E-state index contributed by atoms with van der Waals surface area (Å²) in [6, 6.07) is 9.51. The van der Waals surface area contributed by atoms with Crippen LogP contribution in [-0.2, 0) is 21.0 Å². The minimum atomic E-state index is -0.529.